The highest BCUT2D eigenvalue weighted by molar-refractivity contribution is 9.10. The lowest BCUT2D eigenvalue weighted by molar-refractivity contribution is 0.0706. The molecule has 18 heavy (non-hydrogen) atoms. The number of halogens is 2. The Kier molecular flexibility index (Phi) is 6.36. The lowest BCUT2D eigenvalue weighted by Gasteiger charge is -2.27. The van der Waals surface area contributed by atoms with E-state index in [1.54, 1.807) is 0 Å². The molecule has 0 heterocycles. The minimum absolute atomic E-state index is 0.121. The molecule has 0 saturated heterocycles. The van der Waals surface area contributed by atoms with Crippen molar-refractivity contribution in [1.82, 2.24) is 4.90 Å². The van der Waals surface area contributed by atoms with Crippen molar-refractivity contribution in [3.05, 3.63) is 33.8 Å². The maximum absolute atomic E-state index is 12.5. The number of nitrogens with zero attached hydrogens (tertiary/aromatic N) is 1. The number of rotatable bonds is 5. The van der Waals surface area contributed by atoms with Crippen LogP contribution in [0, 0.1) is 6.92 Å². The Labute approximate surface area is 126 Å². The Morgan fingerprint density at radius 1 is 1.39 bits per heavy atom. The molecular weight excluding hydrogens is 358 g/mol. The van der Waals surface area contributed by atoms with Crippen molar-refractivity contribution >= 4 is 37.8 Å². The molecule has 0 radical (unpaired) electrons. The van der Waals surface area contributed by atoms with Gasteiger partial charge in [-0.05, 0) is 51.0 Å². The lowest BCUT2D eigenvalue weighted by atomic mass is 10.1. The van der Waals surface area contributed by atoms with Gasteiger partial charge in [0, 0.05) is 28.0 Å². The normalized spacial score (nSPS) is 10.8. The zero-order valence-electron chi connectivity index (χ0n) is 11.0. The van der Waals surface area contributed by atoms with E-state index >= 15 is 0 Å². The molecule has 0 atom stereocenters. The molecule has 1 amide bonds. The highest BCUT2D eigenvalue weighted by Crippen LogP contribution is 2.18. The van der Waals surface area contributed by atoms with Gasteiger partial charge in [0.1, 0.15) is 0 Å². The number of carbonyl (C=O) groups is 1. The third-order valence-corrected chi connectivity index (χ3v) is 3.89. The number of amides is 1. The van der Waals surface area contributed by atoms with E-state index in [-0.39, 0.29) is 11.9 Å². The van der Waals surface area contributed by atoms with Crippen molar-refractivity contribution in [1.29, 1.82) is 0 Å². The van der Waals surface area contributed by atoms with Gasteiger partial charge >= 0.3 is 0 Å². The maximum atomic E-state index is 12.5. The summed E-state index contributed by atoms with van der Waals surface area (Å²) in [5.41, 5.74) is 1.81. The van der Waals surface area contributed by atoms with E-state index in [1.165, 1.54) is 0 Å². The van der Waals surface area contributed by atoms with Crippen LogP contribution in [0.4, 0.5) is 0 Å². The number of aryl methyl sites for hydroxylation is 1. The van der Waals surface area contributed by atoms with E-state index in [2.05, 4.69) is 45.7 Å². The van der Waals surface area contributed by atoms with Gasteiger partial charge in [0.2, 0.25) is 0 Å². The van der Waals surface area contributed by atoms with Crippen LogP contribution in [-0.2, 0) is 0 Å². The fourth-order valence-electron chi connectivity index (χ4n) is 1.85. The van der Waals surface area contributed by atoms with E-state index < -0.39 is 0 Å². The van der Waals surface area contributed by atoms with Gasteiger partial charge < -0.3 is 4.90 Å². The summed E-state index contributed by atoms with van der Waals surface area (Å²) in [6.07, 6.45) is 0.972. The molecule has 0 spiro atoms. The van der Waals surface area contributed by atoms with Gasteiger partial charge in [-0.2, -0.15) is 0 Å². The van der Waals surface area contributed by atoms with Crippen LogP contribution in [0.3, 0.4) is 0 Å². The maximum Gasteiger partial charge on any atom is 0.254 e. The van der Waals surface area contributed by atoms with Gasteiger partial charge in [0.25, 0.3) is 5.91 Å². The van der Waals surface area contributed by atoms with Crippen LogP contribution >= 0.6 is 31.9 Å². The Hall–Kier alpha value is -0.350. The molecule has 0 N–H and O–H groups in total. The number of hydrogen-bond donors (Lipinski definition) is 0. The topological polar surface area (TPSA) is 20.3 Å². The van der Waals surface area contributed by atoms with Crippen LogP contribution < -0.4 is 0 Å². The molecule has 0 unspecified atom stereocenters. The van der Waals surface area contributed by atoms with Crippen molar-refractivity contribution in [2.75, 3.05) is 11.9 Å². The summed E-state index contributed by atoms with van der Waals surface area (Å²) in [7, 11) is 0. The van der Waals surface area contributed by atoms with Crippen LogP contribution in [-0.4, -0.2) is 28.7 Å². The molecule has 0 bridgehead atoms. The molecule has 4 heteroatoms. The number of carbonyl (C=O) groups excluding carboxylic acids is 1. The van der Waals surface area contributed by atoms with Gasteiger partial charge in [-0.15, -0.1) is 0 Å². The van der Waals surface area contributed by atoms with Gasteiger partial charge in [0.05, 0.1) is 0 Å². The summed E-state index contributed by atoms with van der Waals surface area (Å²) in [6, 6.07) is 6.02. The van der Waals surface area contributed by atoms with E-state index in [1.807, 2.05) is 30.0 Å². The summed E-state index contributed by atoms with van der Waals surface area (Å²) in [6.45, 7) is 6.87. The largest absolute Gasteiger partial charge is 0.336 e. The lowest BCUT2D eigenvalue weighted by Crippen LogP contribution is -2.38. The molecule has 1 aromatic rings. The minimum atomic E-state index is 0.121. The predicted octanol–water partition coefficient (Wildman–Crippen LogP) is 4.39. The molecule has 0 saturated carbocycles. The molecule has 0 aliphatic carbocycles. The minimum Gasteiger partial charge on any atom is -0.336 e. The standard InChI is InChI=1S/C14H19Br2NO/c1-10(2)17(8-4-7-15)14(18)13-6-5-12(16)9-11(13)3/h5-6,9-10H,4,7-8H2,1-3H3. The van der Waals surface area contributed by atoms with E-state index in [4.69, 9.17) is 0 Å². The summed E-state index contributed by atoms with van der Waals surface area (Å²) in [5.74, 6) is 0.121. The zero-order chi connectivity index (χ0) is 13.7. The second-order valence-corrected chi connectivity index (χ2v) is 6.30. The van der Waals surface area contributed by atoms with E-state index in [9.17, 15) is 4.79 Å². The Bertz CT molecular complexity index is 418. The van der Waals surface area contributed by atoms with E-state index in [0.29, 0.717) is 0 Å². The molecule has 0 aromatic heterocycles. The fourth-order valence-corrected chi connectivity index (χ4v) is 2.57. The van der Waals surface area contributed by atoms with Crippen LogP contribution in [0.2, 0.25) is 0 Å². The molecule has 1 rings (SSSR count). The SMILES string of the molecule is Cc1cc(Br)ccc1C(=O)N(CCCBr)C(C)C. The van der Waals surface area contributed by atoms with Gasteiger partial charge in [0.15, 0.2) is 0 Å². The first kappa shape index (κ1) is 15.7. The number of benzene rings is 1. The van der Waals surface area contributed by atoms with Crippen molar-refractivity contribution in [3.8, 4) is 0 Å². The molecule has 0 aliphatic heterocycles. The first-order valence-electron chi connectivity index (χ1n) is 6.10. The first-order valence-corrected chi connectivity index (χ1v) is 8.02. The fraction of sp³-hybridized carbons (Fsp3) is 0.500. The average molecular weight is 377 g/mol. The Balaban J connectivity index is 2.94. The zero-order valence-corrected chi connectivity index (χ0v) is 14.2. The molecular formula is C14H19Br2NO. The second-order valence-electron chi connectivity index (χ2n) is 4.59. The van der Waals surface area contributed by atoms with Crippen LogP contribution in [0.5, 0.6) is 0 Å². The Morgan fingerprint density at radius 3 is 2.56 bits per heavy atom. The smallest absolute Gasteiger partial charge is 0.254 e. The second kappa shape index (κ2) is 7.29. The summed E-state index contributed by atoms with van der Waals surface area (Å²) in [4.78, 5) is 14.4. The molecule has 100 valence electrons. The van der Waals surface area contributed by atoms with Crippen LogP contribution in [0.15, 0.2) is 22.7 Å². The quantitative estimate of drug-likeness (QED) is 0.697. The van der Waals surface area contributed by atoms with Gasteiger partial charge in [-0.1, -0.05) is 31.9 Å². The highest BCUT2D eigenvalue weighted by atomic mass is 79.9. The van der Waals surface area contributed by atoms with Gasteiger partial charge in [-0.25, -0.2) is 0 Å². The summed E-state index contributed by atoms with van der Waals surface area (Å²) >= 11 is 6.83. The Morgan fingerprint density at radius 2 is 2.06 bits per heavy atom. The molecule has 2 nitrogen and oxygen atoms in total. The van der Waals surface area contributed by atoms with Crippen LogP contribution in [0.1, 0.15) is 36.2 Å². The summed E-state index contributed by atoms with van der Waals surface area (Å²) < 4.78 is 1.01. The van der Waals surface area contributed by atoms with Crippen molar-refractivity contribution in [2.45, 2.75) is 33.2 Å². The number of alkyl halides is 1. The van der Waals surface area contributed by atoms with Crippen molar-refractivity contribution in [3.63, 3.8) is 0 Å². The third kappa shape index (κ3) is 4.09. The predicted molar refractivity (Wildman–Crippen MR) is 83.5 cm³/mol. The average Bonchev–Trinajstić information content (AvgIpc) is 2.28. The monoisotopic (exact) mass is 375 g/mol. The highest BCUT2D eigenvalue weighted by Gasteiger charge is 2.19. The van der Waals surface area contributed by atoms with E-state index in [0.717, 1.165) is 33.9 Å². The molecule has 1 aromatic carbocycles. The molecule has 0 aliphatic rings. The van der Waals surface area contributed by atoms with Gasteiger partial charge in [-0.3, -0.25) is 4.79 Å². The van der Waals surface area contributed by atoms with Crippen molar-refractivity contribution in [2.24, 2.45) is 0 Å². The summed E-state index contributed by atoms with van der Waals surface area (Å²) in [5, 5.41) is 0.919. The third-order valence-electron chi connectivity index (χ3n) is 2.84. The number of hydrogen-bond acceptors (Lipinski definition) is 1. The van der Waals surface area contributed by atoms with Crippen LogP contribution in [0.25, 0.3) is 0 Å². The first-order chi connectivity index (χ1) is 8.47. The van der Waals surface area contributed by atoms with Crippen molar-refractivity contribution < 1.29 is 4.79 Å². The molecule has 0 fully saturated rings.